The molecule has 0 aliphatic heterocycles. The number of aryl methyl sites for hydroxylation is 1. The summed E-state index contributed by atoms with van der Waals surface area (Å²) in [6.07, 6.45) is 2.76. The average molecular weight is 259 g/mol. The molecule has 3 aromatic rings. The van der Waals surface area contributed by atoms with Gasteiger partial charge in [-0.05, 0) is 30.5 Å². The van der Waals surface area contributed by atoms with Gasteiger partial charge in [0.2, 0.25) is 0 Å². The molecule has 18 heavy (non-hydrogen) atoms. The summed E-state index contributed by atoms with van der Waals surface area (Å²) in [5, 5.41) is 16.6. The molecule has 0 amide bonds. The third-order valence-corrected chi connectivity index (χ3v) is 3.82. The van der Waals surface area contributed by atoms with E-state index < -0.39 is 6.10 Å². The molecule has 5 heteroatoms. The van der Waals surface area contributed by atoms with Crippen molar-refractivity contribution in [1.82, 2.24) is 14.8 Å². The second-order valence-electron chi connectivity index (χ2n) is 4.05. The third kappa shape index (κ3) is 1.81. The maximum absolute atomic E-state index is 10.4. The number of nitrogens with zero attached hydrogens (tertiary/aromatic N) is 3. The van der Waals surface area contributed by atoms with Crippen LogP contribution in [-0.4, -0.2) is 19.9 Å². The van der Waals surface area contributed by atoms with Gasteiger partial charge in [0.25, 0.3) is 0 Å². The Kier molecular flexibility index (Phi) is 2.85. The normalized spacial score (nSPS) is 13.0. The highest BCUT2D eigenvalue weighted by Gasteiger charge is 2.15. The molecule has 0 saturated heterocycles. The molecule has 3 heterocycles. The van der Waals surface area contributed by atoms with E-state index in [1.54, 1.807) is 28.4 Å². The lowest BCUT2D eigenvalue weighted by Crippen LogP contribution is -2.09. The van der Waals surface area contributed by atoms with E-state index in [0.29, 0.717) is 0 Å². The molecule has 3 aromatic heterocycles. The number of hydrogen-bond donors (Lipinski definition) is 1. The number of thiophene rings is 1. The second-order valence-corrected chi connectivity index (χ2v) is 4.99. The maximum Gasteiger partial charge on any atom is 0.122 e. The topological polar surface area (TPSA) is 50.9 Å². The molecule has 1 N–H and O–H groups in total. The van der Waals surface area contributed by atoms with Crippen LogP contribution in [0.4, 0.5) is 0 Å². The Hall–Kier alpha value is -1.72. The van der Waals surface area contributed by atoms with Gasteiger partial charge in [0, 0.05) is 24.5 Å². The van der Waals surface area contributed by atoms with Crippen LogP contribution in [-0.2, 0) is 6.54 Å². The SMILES string of the molecule is CCn1nccc1C(O)c1cnc2ccsc2c1. The Bertz CT molecular complexity index is 673. The van der Waals surface area contributed by atoms with Crippen LogP contribution < -0.4 is 0 Å². The number of hydrogen-bond acceptors (Lipinski definition) is 4. The van der Waals surface area contributed by atoms with Crippen molar-refractivity contribution >= 4 is 21.6 Å². The highest BCUT2D eigenvalue weighted by molar-refractivity contribution is 7.17. The van der Waals surface area contributed by atoms with E-state index in [-0.39, 0.29) is 0 Å². The van der Waals surface area contributed by atoms with Crippen molar-refractivity contribution in [3.8, 4) is 0 Å². The van der Waals surface area contributed by atoms with Crippen molar-refractivity contribution in [3.05, 3.63) is 47.2 Å². The van der Waals surface area contributed by atoms with E-state index in [0.717, 1.165) is 28.0 Å². The van der Waals surface area contributed by atoms with E-state index in [1.165, 1.54) is 0 Å². The number of aliphatic hydroxyl groups excluding tert-OH is 1. The van der Waals surface area contributed by atoms with Crippen molar-refractivity contribution in [1.29, 1.82) is 0 Å². The van der Waals surface area contributed by atoms with Crippen molar-refractivity contribution < 1.29 is 5.11 Å². The van der Waals surface area contributed by atoms with Crippen molar-refractivity contribution in [2.45, 2.75) is 19.6 Å². The van der Waals surface area contributed by atoms with Crippen molar-refractivity contribution in [3.63, 3.8) is 0 Å². The van der Waals surface area contributed by atoms with Gasteiger partial charge in [-0.1, -0.05) is 0 Å². The Morgan fingerprint density at radius 1 is 1.44 bits per heavy atom. The highest BCUT2D eigenvalue weighted by Crippen LogP contribution is 2.26. The minimum absolute atomic E-state index is 0.675. The van der Waals surface area contributed by atoms with Crippen LogP contribution in [0.3, 0.4) is 0 Å². The highest BCUT2D eigenvalue weighted by atomic mass is 32.1. The van der Waals surface area contributed by atoms with Gasteiger partial charge in [-0.25, -0.2) is 0 Å². The summed E-state index contributed by atoms with van der Waals surface area (Å²) >= 11 is 1.63. The monoisotopic (exact) mass is 259 g/mol. The fraction of sp³-hybridized carbons (Fsp3) is 0.231. The summed E-state index contributed by atoms with van der Waals surface area (Å²) in [4.78, 5) is 4.35. The van der Waals surface area contributed by atoms with E-state index in [1.807, 2.05) is 30.5 Å². The lowest BCUT2D eigenvalue weighted by atomic mass is 10.1. The van der Waals surface area contributed by atoms with Gasteiger partial charge in [0.05, 0.1) is 15.9 Å². The van der Waals surface area contributed by atoms with Gasteiger partial charge in [0.1, 0.15) is 6.10 Å². The second kappa shape index (κ2) is 4.51. The van der Waals surface area contributed by atoms with E-state index in [9.17, 15) is 5.11 Å². The first-order valence-corrected chi connectivity index (χ1v) is 6.70. The minimum atomic E-state index is -0.675. The first kappa shape index (κ1) is 11.4. The van der Waals surface area contributed by atoms with Crippen molar-refractivity contribution in [2.75, 3.05) is 0 Å². The van der Waals surface area contributed by atoms with Crippen LogP contribution in [0.5, 0.6) is 0 Å². The van der Waals surface area contributed by atoms with Crippen LogP contribution in [0, 0.1) is 0 Å². The fourth-order valence-corrected chi connectivity index (χ4v) is 2.81. The Balaban J connectivity index is 2.03. The molecule has 4 nitrogen and oxygen atoms in total. The van der Waals surface area contributed by atoms with Gasteiger partial charge in [-0.3, -0.25) is 9.67 Å². The zero-order chi connectivity index (χ0) is 12.5. The van der Waals surface area contributed by atoms with Crippen LogP contribution in [0.1, 0.15) is 24.3 Å². The molecule has 0 spiro atoms. The molecule has 3 rings (SSSR count). The Morgan fingerprint density at radius 3 is 3.17 bits per heavy atom. The van der Waals surface area contributed by atoms with Gasteiger partial charge >= 0.3 is 0 Å². The first-order chi connectivity index (χ1) is 8.79. The molecule has 92 valence electrons. The predicted molar refractivity (Wildman–Crippen MR) is 71.6 cm³/mol. The summed E-state index contributed by atoms with van der Waals surface area (Å²) in [5.41, 5.74) is 2.58. The summed E-state index contributed by atoms with van der Waals surface area (Å²) in [7, 11) is 0. The maximum atomic E-state index is 10.4. The summed E-state index contributed by atoms with van der Waals surface area (Å²) in [6, 6.07) is 5.81. The van der Waals surface area contributed by atoms with Crippen LogP contribution in [0.25, 0.3) is 10.2 Å². The summed E-state index contributed by atoms with van der Waals surface area (Å²) in [5.74, 6) is 0. The van der Waals surface area contributed by atoms with Gasteiger partial charge in [-0.15, -0.1) is 11.3 Å². The molecule has 0 bridgehead atoms. The number of aromatic nitrogens is 3. The minimum Gasteiger partial charge on any atom is -0.382 e. The first-order valence-electron chi connectivity index (χ1n) is 5.82. The molecule has 1 unspecified atom stereocenters. The van der Waals surface area contributed by atoms with E-state index in [4.69, 9.17) is 0 Å². The summed E-state index contributed by atoms with van der Waals surface area (Å²) in [6.45, 7) is 2.75. The number of pyridine rings is 1. The predicted octanol–water partition coefficient (Wildman–Crippen LogP) is 2.59. The molecule has 0 aromatic carbocycles. The molecule has 0 aliphatic carbocycles. The fourth-order valence-electron chi connectivity index (χ4n) is 2.02. The van der Waals surface area contributed by atoms with Gasteiger partial charge < -0.3 is 5.11 Å². The third-order valence-electron chi connectivity index (χ3n) is 2.97. The largest absolute Gasteiger partial charge is 0.382 e. The van der Waals surface area contributed by atoms with Crippen LogP contribution >= 0.6 is 11.3 Å². The van der Waals surface area contributed by atoms with Gasteiger partial charge in [-0.2, -0.15) is 5.10 Å². The zero-order valence-corrected chi connectivity index (χ0v) is 10.8. The van der Waals surface area contributed by atoms with Gasteiger partial charge in [0.15, 0.2) is 0 Å². The molecule has 0 saturated carbocycles. The quantitative estimate of drug-likeness (QED) is 0.786. The molecule has 0 fully saturated rings. The number of rotatable bonds is 3. The van der Waals surface area contributed by atoms with E-state index >= 15 is 0 Å². The Morgan fingerprint density at radius 2 is 2.33 bits per heavy atom. The Labute approximate surface area is 109 Å². The molecule has 1 atom stereocenters. The lowest BCUT2D eigenvalue weighted by Gasteiger charge is -2.12. The average Bonchev–Trinajstić information content (AvgIpc) is 3.05. The molecule has 0 aliphatic rings. The number of aliphatic hydroxyl groups is 1. The molecular weight excluding hydrogens is 246 g/mol. The number of fused-ring (bicyclic) bond motifs is 1. The smallest absolute Gasteiger partial charge is 0.122 e. The lowest BCUT2D eigenvalue weighted by molar-refractivity contribution is 0.208. The standard InChI is InChI=1S/C13H13N3OS/c1-2-16-11(3-5-15-16)13(17)9-7-12-10(14-8-9)4-6-18-12/h3-8,13,17H,2H2,1H3. The zero-order valence-electron chi connectivity index (χ0n) is 9.95. The molecule has 0 radical (unpaired) electrons. The van der Waals surface area contributed by atoms with Crippen LogP contribution in [0.15, 0.2) is 36.0 Å². The summed E-state index contributed by atoms with van der Waals surface area (Å²) < 4.78 is 2.89. The van der Waals surface area contributed by atoms with Crippen molar-refractivity contribution in [2.24, 2.45) is 0 Å². The van der Waals surface area contributed by atoms with Crippen LogP contribution in [0.2, 0.25) is 0 Å². The van der Waals surface area contributed by atoms with E-state index in [2.05, 4.69) is 10.1 Å². The molecular formula is C13H13N3OS.